The van der Waals surface area contributed by atoms with E-state index in [4.69, 9.17) is 28.3 Å². The maximum Gasteiger partial charge on any atom is 0.241 e. The number of hydrogen-bond donors (Lipinski definition) is 2. The molecule has 1 rings (SSSR count). The summed E-state index contributed by atoms with van der Waals surface area (Å²) in [7, 11) is -2.39. The average molecular weight is 270 g/mol. The summed E-state index contributed by atoms with van der Waals surface area (Å²) < 4.78 is 25.1. The number of aliphatic hydroxyl groups excluding tert-OH is 1. The summed E-state index contributed by atoms with van der Waals surface area (Å²) in [5.41, 5.74) is 0.276. The van der Waals surface area contributed by atoms with E-state index < -0.39 is 10.0 Å². The van der Waals surface area contributed by atoms with Crippen LogP contribution in [0.2, 0.25) is 10.0 Å². The van der Waals surface area contributed by atoms with Gasteiger partial charge < -0.3 is 5.11 Å². The summed E-state index contributed by atoms with van der Waals surface area (Å²) in [5.74, 6) is 0. The second-order valence-electron chi connectivity index (χ2n) is 2.74. The van der Waals surface area contributed by atoms with Crippen LogP contribution in [0.5, 0.6) is 0 Å². The second kappa shape index (κ2) is 4.67. The van der Waals surface area contributed by atoms with Crippen molar-refractivity contribution in [3.05, 3.63) is 27.7 Å². The standard InChI is InChI=1S/C8H9Cl2NO3S/c1-11-15(13,14)7-3-6(9)2-5(4-12)8(7)10/h2-3,11-12H,4H2,1H3. The average Bonchev–Trinajstić information content (AvgIpc) is 2.20. The van der Waals surface area contributed by atoms with Crippen LogP contribution in [-0.4, -0.2) is 20.6 Å². The van der Waals surface area contributed by atoms with Gasteiger partial charge in [-0.3, -0.25) is 0 Å². The SMILES string of the molecule is CNS(=O)(=O)c1cc(Cl)cc(CO)c1Cl. The van der Waals surface area contributed by atoms with Gasteiger partial charge in [0.1, 0.15) is 4.90 Å². The second-order valence-corrected chi connectivity index (χ2v) is 5.41. The Bertz CT molecular complexity index is 473. The molecule has 4 nitrogen and oxygen atoms in total. The Labute approximate surface area is 97.9 Å². The molecule has 0 saturated heterocycles. The minimum atomic E-state index is -3.66. The largest absolute Gasteiger partial charge is 0.392 e. The maximum atomic E-state index is 11.5. The van der Waals surface area contributed by atoms with Crippen LogP contribution in [0.15, 0.2) is 17.0 Å². The van der Waals surface area contributed by atoms with Gasteiger partial charge in [-0.1, -0.05) is 23.2 Å². The van der Waals surface area contributed by atoms with Gasteiger partial charge in [0.15, 0.2) is 0 Å². The van der Waals surface area contributed by atoms with Crippen molar-refractivity contribution in [2.45, 2.75) is 11.5 Å². The van der Waals surface area contributed by atoms with E-state index in [-0.39, 0.29) is 27.1 Å². The normalized spacial score (nSPS) is 11.7. The number of aliphatic hydroxyl groups is 1. The van der Waals surface area contributed by atoms with Crippen LogP contribution in [-0.2, 0) is 16.6 Å². The van der Waals surface area contributed by atoms with Crippen molar-refractivity contribution < 1.29 is 13.5 Å². The van der Waals surface area contributed by atoms with Gasteiger partial charge >= 0.3 is 0 Å². The smallest absolute Gasteiger partial charge is 0.241 e. The fourth-order valence-corrected chi connectivity index (χ4v) is 2.69. The fraction of sp³-hybridized carbons (Fsp3) is 0.250. The Morgan fingerprint density at radius 1 is 1.40 bits per heavy atom. The molecule has 84 valence electrons. The summed E-state index contributed by atoms with van der Waals surface area (Å²) in [4.78, 5) is -0.136. The lowest BCUT2D eigenvalue weighted by atomic mass is 10.2. The van der Waals surface area contributed by atoms with E-state index in [1.807, 2.05) is 0 Å². The van der Waals surface area contributed by atoms with Crippen molar-refractivity contribution in [3.8, 4) is 0 Å². The predicted octanol–water partition coefficient (Wildman–Crippen LogP) is 1.39. The number of benzene rings is 1. The molecular formula is C8H9Cl2NO3S. The molecular weight excluding hydrogens is 261 g/mol. The van der Waals surface area contributed by atoms with E-state index in [0.29, 0.717) is 0 Å². The molecule has 0 aliphatic heterocycles. The van der Waals surface area contributed by atoms with Gasteiger partial charge in [0.25, 0.3) is 0 Å². The zero-order valence-electron chi connectivity index (χ0n) is 7.79. The molecule has 0 radical (unpaired) electrons. The molecule has 15 heavy (non-hydrogen) atoms. The molecule has 0 heterocycles. The Kier molecular flexibility index (Phi) is 3.97. The van der Waals surface area contributed by atoms with Gasteiger partial charge in [0, 0.05) is 5.02 Å². The monoisotopic (exact) mass is 269 g/mol. The summed E-state index contributed by atoms with van der Waals surface area (Å²) in [6.45, 7) is -0.369. The molecule has 1 aromatic rings. The van der Waals surface area contributed by atoms with Crippen molar-refractivity contribution >= 4 is 33.2 Å². The molecule has 0 amide bonds. The summed E-state index contributed by atoms with van der Waals surface area (Å²) in [6.07, 6.45) is 0. The Balaban J connectivity index is 3.49. The molecule has 0 aliphatic rings. The Morgan fingerprint density at radius 3 is 2.47 bits per heavy atom. The quantitative estimate of drug-likeness (QED) is 0.872. The van der Waals surface area contributed by atoms with Crippen molar-refractivity contribution in [1.29, 1.82) is 0 Å². The van der Waals surface area contributed by atoms with Gasteiger partial charge in [-0.05, 0) is 24.7 Å². The van der Waals surface area contributed by atoms with E-state index >= 15 is 0 Å². The van der Waals surface area contributed by atoms with Gasteiger partial charge in [-0.15, -0.1) is 0 Å². The first-order valence-electron chi connectivity index (χ1n) is 3.94. The molecule has 0 spiro atoms. The molecule has 0 aliphatic carbocycles. The minimum absolute atomic E-state index is 0.0174. The third-order valence-corrected chi connectivity index (χ3v) is 4.02. The van der Waals surface area contributed by atoms with Crippen LogP contribution in [0.4, 0.5) is 0 Å². The van der Waals surface area contributed by atoms with Gasteiger partial charge in [-0.2, -0.15) is 0 Å². The van der Waals surface area contributed by atoms with Crippen molar-refractivity contribution in [2.24, 2.45) is 0 Å². The number of nitrogens with one attached hydrogen (secondary N) is 1. The molecule has 0 atom stereocenters. The molecule has 0 fully saturated rings. The molecule has 0 saturated carbocycles. The van der Waals surface area contributed by atoms with Crippen LogP contribution in [0, 0.1) is 0 Å². The third-order valence-electron chi connectivity index (χ3n) is 1.81. The van der Waals surface area contributed by atoms with E-state index in [1.165, 1.54) is 19.2 Å². The highest BCUT2D eigenvalue weighted by Crippen LogP contribution is 2.29. The fourth-order valence-electron chi connectivity index (χ4n) is 1.04. The molecule has 0 aromatic heterocycles. The highest BCUT2D eigenvalue weighted by atomic mass is 35.5. The van der Waals surface area contributed by atoms with E-state index in [2.05, 4.69) is 4.72 Å². The van der Waals surface area contributed by atoms with Crippen molar-refractivity contribution in [3.63, 3.8) is 0 Å². The highest BCUT2D eigenvalue weighted by Gasteiger charge is 2.19. The summed E-state index contributed by atoms with van der Waals surface area (Å²) in [5, 5.41) is 9.14. The molecule has 0 unspecified atom stereocenters. The Morgan fingerprint density at radius 2 is 2.00 bits per heavy atom. The van der Waals surface area contributed by atoms with Crippen molar-refractivity contribution in [2.75, 3.05) is 7.05 Å². The third kappa shape index (κ3) is 2.62. The van der Waals surface area contributed by atoms with E-state index in [0.717, 1.165) is 0 Å². The van der Waals surface area contributed by atoms with Crippen LogP contribution in [0.1, 0.15) is 5.56 Å². The number of sulfonamides is 1. The molecule has 7 heteroatoms. The van der Waals surface area contributed by atoms with Crippen LogP contribution in [0.25, 0.3) is 0 Å². The van der Waals surface area contributed by atoms with Crippen molar-refractivity contribution in [1.82, 2.24) is 4.72 Å². The number of halogens is 2. The Hall–Kier alpha value is -0.330. The zero-order chi connectivity index (χ0) is 11.6. The van der Waals surface area contributed by atoms with Gasteiger partial charge in [0.05, 0.1) is 11.6 Å². The minimum Gasteiger partial charge on any atom is -0.392 e. The zero-order valence-corrected chi connectivity index (χ0v) is 10.1. The molecule has 1 aromatic carbocycles. The van der Waals surface area contributed by atoms with E-state index in [9.17, 15) is 8.42 Å². The lowest BCUT2D eigenvalue weighted by Crippen LogP contribution is -2.19. The van der Waals surface area contributed by atoms with Crippen LogP contribution >= 0.6 is 23.2 Å². The lowest BCUT2D eigenvalue weighted by Gasteiger charge is -2.08. The number of hydrogen-bond acceptors (Lipinski definition) is 3. The predicted molar refractivity (Wildman–Crippen MR) is 58.6 cm³/mol. The van der Waals surface area contributed by atoms with E-state index in [1.54, 1.807) is 0 Å². The number of rotatable bonds is 3. The first kappa shape index (κ1) is 12.7. The van der Waals surface area contributed by atoms with Crippen LogP contribution < -0.4 is 4.72 Å². The lowest BCUT2D eigenvalue weighted by molar-refractivity contribution is 0.281. The highest BCUT2D eigenvalue weighted by molar-refractivity contribution is 7.89. The molecule has 2 N–H and O–H groups in total. The van der Waals surface area contributed by atoms with Gasteiger partial charge in [-0.25, -0.2) is 13.1 Å². The van der Waals surface area contributed by atoms with Crippen LogP contribution in [0.3, 0.4) is 0 Å². The topological polar surface area (TPSA) is 66.4 Å². The summed E-state index contributed by atoms with van der Waals surface area (Å²) >= 11 is 11.5. The molecule has 0 bridgehead atoms. The van der Waals surface area contributed by atoms with Gasteiger partial charge in [0.2, 0.25) is 10.0 Å². The first-order chi connectivity index (χ1) is 6.92. The summed E-state index contributed by atoms with van der Waals surface area (Å²) in [6, 6.07) is 2.65. The maximum absolute atomic E-state index is 11.5. The first-order valence-corrected chi connectivity index (χ1v) is 6.18.